The van der Waals surface area contributed by atoms with Gasteiger partial charge < -0.3 is 20.7 Å². The Balaban J connectivity index is 1.52. The maximum absolute atomic E-state index is 12.5. The Kier molecular flexibility index (Phi) is 8.45. The largest absolute Gasteiger partial charge is 0.495 e. The number of hydrogen-bond donors (Lipinski definition) is 3. The van der Waals surface area contributed by atoms with Crippen molar-refractivity contribution in [1.82, 2.24) is 4.98 Å². The third-order valence-electron chi connectivity index (χ3n) is 4.33. The van der Waals surface area contributed by atoms with Crippen LogP contribution in [0.3, 0.4) is 0 Å². The first-order valence-corrected chi connectivity index (χ1v) is 11.9. The number of aromatic nitrogens is 1. The molecule has 3 amide bonds. The van der Waals surface area contributed by atoms with Gasteiger partial charge in [0.2, 0.25) is 17.7 Å². The van der Waals surface area contributed by atoms with E-state index in [1.54, 1.807) is 23.6 Å². The summed E-state index contributed by atoms with van der Waals surface area (Å²) in [6.07, 6.45) is 0.0696. The SMILES string of the molecule is COc1ccc(NC(C)=O)cc1NC(=O)Cc1csc(SCC(=O)Nc2ccc(C)cc2)n1. The average molecular weight is 485 g/mol. The molecule has 0 aliphatic heterocycles. The number of aryl methyl sites for hydroxylation is 1. The van der Waals surface area contributed by atoms with E-state index in [1.165, 1.54) is 37.1 Å². The van der Waals surface area contributed by atoms with E-state index in [0.717, 1.165) is 11.3 Å². The number of nitrogens with zero attached hydrogens (tertiary/aromatic N) is 1. The van der Waals surface area contributed by atoms with Crippen LogP contribution >= 0.6 is 23.1 Å². The highest BCUT2D eigenvalue weighted by Gasteiger charge is 2.13. The number of carbonyl (C=O) groups is 3. The lowest BCUT2D eigenvalue weighted by atomic mass is 10.2. The predicted molar refractivity (Wildman–Crippen MR) is 132 cm³/mol. The van der Waals surface area contributed by atoms with E-state index < -0.39 is 0 Å². The number of nitrogens with one attached hydrogen (secondary N) is 3. The fourth-order valence-electron chi connectivity index (χ4n) is 2.84. The second-order valence-electron chi connectivity index (χ2n) is 7.13. The minimum absolute atomic E-state index is 0.0696. The van der Waals surface area contributed by atoms with Gasteiger partial charge in [0.15, 0.2) is 4.34 Å². The Labute approximate surface area is 200 Å². The number of methoxy groups -OCH3 is 1. The molecule has 0 saturated carbocycles. The van der Waals surface area contributed by atoms with Crippen LogP contribution in [0.15, 0.2) is 52.2 Å². The minimum atomic E-state index is -0.271. The number of amides is 3. The van der Waals surface area contributed by atoms with E-state index in [9.17, 15) is 14.4 Å². The molecule has 0 spiro atoms. The fourth-order valence-corrected chi connectivity index (χ4v) is 4.49. The molecule has 0 aliphatic rings. The lowest BCUT2D eigenvalue weighted by molar-refractivity contribution is -0.116. The van der Waals surface area contributed by atoms with Gasteiger partial charge in [-0.15, -0.1) is 11.3 Å². The molecular formula is C23H24N4O4S2. The van der Waals surface area contributed by atoms with Gasteiger partial charge in [0.25, 0.3) is 0 Å². The molecule has 0 radical (unpaired) electrons. The van der Waals surface area contributed by atoms with Gasteiger partial charge in [0.05, 0.1) is 30.7 Å². The van der Waals surface area contributed by atoms with Crippen molar-refractivity contribution in [1.29, 1.82) is 0 Å². The summed E-state index contributed by atoms with van der Waals surface area (Å²) in [4.78, 5) is 40.4. The summed E-state index contributed by atoms with van der Waals surface area (Å²) in [6.45, 7) is 3.40. The third-order valence-corrected chi connectivity index (χ3v) is 6.40. The number of hydrogen-bond acceptors (Lipinski definition) is 7. The van der Waals surface area contributed by atoms with Gasteiger partial charge in [-0.05, 0) is 37.3 Å². The molecule has 1 heterocycles. The molecule has 10 heteroatoms. The molecule has 8 nitrogen and oxygen atoms in total. The van der Waals surface area contributed by atoms with Gasteiger partial charge in [0.1, 0.15) is 5.75 Å². The summed E-state index contributed by atoms with van der Waals surface area (Å²) in [7, 11) is 1.50. The van der Waals surface area contributed by atoms with E-state index in [1.807, 2.05) is 31.2 Å². The zero-order chi connectivity index (χ0) is 23.8. The number of anilines is 3. The Morgan fingerprint density at radius 1 is 1.00 bits per heavy atom. The summed E-state index contributed by atoms with van der Waals surface area (Å²) < 4.78 is 5.99. The van der Waals surface area contributed by atoms with E-state index in [2.05, 4.69) is 20.9 Å². The molecule has 3 aromatic rings. The van der Waals surface area contributed by atoms with Crippen molar-refractivity contribution in [3.8, 4) is 5.75 Å². The first-order chi connectivity index (χ1) is 15.8. The van der Waals surface area contributed by atoms with Crippen molar-refractivity contribution < 1.29 is 19.1 Å². The van der Waals surface area contributed by atoms with Crippen LogP contribution in [0.1, 0.15) is 18.2 Å². The number of carbonyl (C=O) groups excluding carboxylic acids is 3. The minimum Gasteiger partial charge on any atom is -0.495 e. The Morgan fingerprint density at radius 3 is 2.42 bits per heavy atom. The quantitative estimate of drug-likeness (QED) is 0.390. The summed E-state index contributed by atoms with van der Waals surface area (Å²) in [5.74, 6) is 0.0981. The van der Waals surface area contributed by atoms with E-state index in [-0.39, 0.29) is 29.9 Å². The maximum Gasteiger partial charge on any atom is 0.234 e. The second-order valence-corrected chi connectivity index (χ2v) is 9.21. The molecule has 0 unspecified atom stereocenters. The molecule has 0 fully saturated rings. The van der Waals surface area contributed by atoms with Crippen LogP contribution in [0.4, 0.5) is 17.1 Å². The fraction of sp³-hybridized carbons (Fsp3) is 0.217. The lowest BCUT2D eigenvalue weighted by Crippen LogP contribution is -2.16. The van der Waals surface area contributed by atoms with Gasteiger partial charge in [-0.25, -0.2) is 4.98 Å². The molecule has 0 saturated heterocycles. The van der Waals surface area contributed by atoms with Crippen LogP contribution in [0.25, 0.3) is 0 Å². The third kappa shape index (κ3) is 7.62. The summed E-state index contributed by atoms with van der Waals surface area (Å²) >= 11 is 2.70. The Morgan fingerprint density at radius 2 is 1.73 bits per heavy atom. The van der Waals surface area contributed by atoms with Gasteiger partial charge >= 0.3 is 0 Å². The van der Waals surface area contributed by atoms with Gasteiger partial charge in [-0.3, -0.25) is 14.4 Å². The summed E-state index contributed by atoms with van der Waals surface area (Å²) in [5.41, 5.74) is 3.48. The number of thiazole rings is 1. The smallest absolute Gasteiger partial charge is 0.234 e. The van der Waals surface area contributed by atoms with Crippen molar-refractivity contribution in [2.45, 2.75) is 24.6 Å². The highest BCUT2D eigenvalue weighted by molar-refractivity contribution is 8.01. The van der Waals surface area contributed by atoms with E-state index >= 15 is 0 Å². The van der Waals surface area contributed by atoms with Crippen molar-refractivity contribution in [3.63, 3.8) is 0 Å². The van der Waals surface area contributed by atoms with Gasteiger partial charge in [-0.1, -0.05) is 29.5 Å². The monoisotopic (exact) mass is 484 g/mol. The van der Waals surface area contributed by atoms with Crippen molar-refractivity contribution in [2.75, 3.05) is 28.8 Å². The van der Waals surface area contributed by atoms with Crippen LogP contribution in [0.2, 0.25) is 0 Å². The van der Waals surface area contributed by atoms with Crippen molar-refractivity contribution in [2.24, 2.45) is 0 Å². The molecule has 1 aromatic heterocycles. The molecule has 3 rings (SSSR count). The number of ether oxygens (including phenoxy) is 1. The lowest BCUT2D eigenvalue weighted by Gasteiger charge is -2.12. The zero-order valence-corrected chi connectivity index (χ0v) is 20.1. The summed E-state index contributed by atoms with van der Waals surface area (Å²) in [5, 5.41) is 10.1. The summed E-state index contributed by atoms with van der Waals surface area (Å²) in [6, 6.07) is 12.6. The van der Waals surface area contributed by atoms with E-state index in [4.69, 9.17) is 4.74 Å². The molecular weight excluding hydrogens is 460 g/mol. The molecule has 0 atom stereocenters. The Hall–Kier alpha value is -3.37. The number of rotatable bonds is 9. The first-order valence-electron chi connectivity index (χ1n) is 10.0. The molecule has 2 aromatic carbocycles. The molecule has 0 bridgehead atoms. The van der Waals surface area contributed by atoms with Crippen molar-refractivity contribution >= 4 is 57.9 Å². The highest BCUT2D eigenvalue weighted by atomic mass is 32.2. The first kappa shape index (κ1) is 24.3. The highest BCUT2D eigenvalue weighted by Crippen LogP contribution is 2.28. The molecule has 3 N–H and O–H groups in total. The number of thioether (sulfide) groups is 1. The molecule has 172 valence electrons. The van der Waals surface area contributed by atoms with Gasteiger partial charge in [0, 0.05) is 23.7 Å². The average Bonchev–Trinajstić information content (AvgIpc) is 3.21. The van der Waals surface area contributed by atoms with Crippen molar-refractivity contribution in [3.05, 3.63) is 59.1 Å². The zero-order valence-electron chi connectivity index (χ0n) is 18.4. The molecule has 33 heavy (non-hydrogen) atoms. The van der Waals surface area contributed by atoms with Crippen LogP contribution in [0, 0.1) is 6.92 Å². The van der Waals surface area contributed by atoms with Crippen LogP contribution in [0.5, 0.6) is 5.75 Å². The Bertz CT molecular complexity index is 1150. The second kappa shape index (κ2) is 11.5. The van der Waals surface area contributed by atoms with E-state index in [0.29, 0.717) is 27.2 Å². The van der Waals surface area contributed by atoms with Gasteiger partial charge in [-0.2, -0.15) is 0 Å². The number of benzene rings is 2. The van der Waals surface area contributed by atoms with Crippen LogP contribution < -0.4 is 20.7 Å². The topological polar surface area (TPSA) is 109 Å². The van der Waals surface area contributed by atoms with Crippen LogP contribution in [-0.4, -0.2) is 35.6 Å². The maximum atomic E-state index is 12.5. The van der Waals surface area contributed by atoms with Crippen LogP contribution in [-0.2, 0) is 20.8 Å². The molecule has 0 aliphatic carbocycles. The standard InChI is InChI=1S/C23H24N4O4S2/c1-14-4-6-16(7-5-14)25-22(30)13-33-23-26-18(12-32-23)11-21(29)27-19-10-17(24-15(2)28)8-9-20(19)31-3/h4-10,12H,11,13H2,1-3H3,(H,24,28)(H,25,30)(H,27,29). The predicted octanol–water partition coefficient (Wildman–Crippen LogP) is 4.33. The normalized spacial score (nSPS) is 10.4.